The standard InChI is InChI=1S/C21H21FN4O3/c22-16-5-3-4-15(14-16)19(27)26-12-10-25(11-13-26)18(17-6-1-2-9-23-17)24-21(7-8-21)20(28)29/h1-6,9,14H,7-8,10-13H2,(H,28,29). The number of aliphatic carboxylic acids is 1. The summed E-state index contributed by atoms with van der Waals surface area (Å²) in [4.78, 5) is 36.9. The Morgan fingerprint density at radius 3 is 2.34 bits per heavy atom. The molecule has 1 saturated carbocycles. The van der Waals surface area contributed by atoms with E-state index in [2.05, 4.69) is 9.98 Å². The van der Waals surface area contributed by atoms with Crippen LogP contribution in [-0.4, -0.2) is 69.3 Å². The molecule has 1 saturated heterocycles. The third-order valence-corrected chi connectivity index (χ3v) is 5.27. The van der Waals surface area contributed by atoms with Crippen molar-refractivity contribution in [1.82, 2.24) is 14.8 Å². The second-order valence-electron chi connectivity index (χ2n) is 7.28. The number of aromatic nitrogens is 1. The summed E-state index contributed by atoms with van der Waals surface area (Å²) in [5.41, 5.74) is -0.133. The molecule has 1 aromatic carbocycles. The molecule has 150 valence electrons. The van der Waals surface area contributed by atoms with Gasteiger partial charge in [0.2, 0.25) is 0 Å². The maximum atomic E-state index is 13.4. The third-order valence-electron chi connectivity index (χ3n) is 5.27. The molecule has 2 fully saturated rings. The number of halogens is 1. The molecule has 2 aromatic rings. The lowest BCUT2D eigenvalue weighted by Crippen LogP contribution is -2.51. The smallest absolute Gasteiger partial charge is 0.331 e. The van der Waals surface area contributed by atoms with Gasteiger partial charge in [0, 0.05) is 37.9 Å². The predicted octanol–water partition coefficient (Wildman–Crippen LogP) is 2.04. The number of nitrogens with zero attached hydrogens (tertiary/aromatic N) is 4. The number of hydrogen-bond donors (Lipinski definition) is 1. The Bertz CT molecular complexity index is 951. The van der Waals surface area contributed by atoms with Gasteiger partial charge >= 0.3 is 5.97 Å². The fourth-order valence-corrected chi connectivity index (χ4v) is 3.41. The summed E-state index contributed by atoms with van der Waals surface area (Å²) < 4.78 is 13.4. The highest BCUT2D eigenvalue weighted by Gasteiger charge is 2.51. The third kappa shape index (κ3) is 3.96. The summed E-state index contributed by atoms with van der Waals surface area (Å²) in [5.74, 6) is -1.04. The van der Waals surface area contributed by atoms with Gasteiger partial charge in [-0.25, -0.2) is 14.2 Å². The normalized spacial score (nSPS) is 18.4. The Hall–Kier alpha value is -3.29. The molecule has 0 radical (unpaired) electrons. The molecule has 8 heteroatoms. The van der Waals surface area contributed by atoms with Crippen molar-refractivity contribution >= 4 is 17.7 Å². The molecule has 1 N–H and O–H groups in total. The van der Waals surface area contributed by atoms with Crippen molar-refractivity contribution < 1.29 is 19.1 Å². The second kappa shape index (κ2) is 7.62. The first-order chi connectivity index (χ1) is 14.0. The van der Waals surface area contributed by atoms with Crippen molar-refractivity contribution in [3.8, 4) is 0 Å². The van der Waals surface area contributed by atoms with Crippen LogP contribution in [0.4, 0.5) is 4.39 Å². The van der Waals surface area contributed by atoms with Crippen molar-refractivity contribution in [2.24, 2.45) is 4.99 Å². The van der Waals surface area contributed by atoms with E-state index < -0.39 is 17.3 Å². The van der Waals surface area contributed by atoms with Gasteiger partial charge in [0.15, 0.2) is 11.4 Å². The fourth-order valence-electron chi connectivity index (χ4n) is 3.41. The largest absolute Gasteiger partial charge is 0.479 e. The Balaban J connectivity index is 1.52. The van der Waals surface area contributed by atoms with E-state index in [0.717, 1.165) is 0 Å². The Morgan fingerprint density at radius 2 is 1.76 bits per heavy atom. The van der Waals surface area contributed by atoms with Crippen LogP contribution in [0.5, 0.6) is 0 Å². The summed E-state index contributed by atoms with van der Waals surface area (Å²) in [6.45, 7) is 1.85. The van der Waals surface area contributed by atoms with Crippen molar-refractivity contribution in [2.75, 3.05) is 26.2 Å². The highest BCUT2D eigenvalue weighted by Crippen LogP contribution is 2.40. The zero-order valence-corrected chi connectivity index (χ0v) is 15.8. The Labute approximate surface area is 167 Å². The van der Waals surface area contributed by atoms with Gasteiger partial charge in [0.05, 0.1) is 0 Å². The van der Waals surface area contributed by atoms with E-state index in [1.807, 2.05) is 11.0 Å². The van der Waals surface area contributed by atoms with Crippen LogP contribution in [0.3, 0.4) is 0 Å². The predicted molar refractivity (Wildman–Crippen MR) is 104 cm³/mol. The molecule has 2 aliphatic rings. The highest BCUT2D eigenvalue weighted by atomic mass is 19.1. The van der Waals surface area contributed by atoms with Crippen LogP contribution in [0, 0.1) is 5.82 Å². The lowest BCUT2D eigenvalue weighted by molar-refractivity contribution is -0.139. The van der Waals surface area contributed by atoms with Gasteiger partial charge in [-0.3, -0.25) is 9.78 Å². The molecule has 2 heterocycles. The molecule has 4 rings (SSSR count). The number of pyridine rings is 1. The minimum atomic E-state index is -1.07. The van der Waals surface area contributed by atoms with E-state index in [9.17, 15) is 19.1 Å². The Kier molecular flexibility index (Phi) is 5.00. The molecular formula is C21H21FN4O3. The van der Waals surface area contributed by atoms with Crippen LogP contribution in [0.15, 0.2) is 53.7 Å². The molecule has 1 aromatic heterocycles. The molecule has 0 atom stereocenters. The van der Waals surface area contributed by atoms with Crippen LogP contribution >= 0.6 is 0 Å². The molecule has 0 unspecified atom stereocenters. The number of rotatable bonds is 4. The number of carbonyl (C=O) groups is 2. The molecule has 0 spiro atoms. The number of amides is 1. The number of piperazine rings is 1. The summed E-state index contributed by atoms with van der Waals surface area (Å²) in [6, 6.07) is 11.1. The number of hydrogen-bond acceptors (Lipinski definition) is 4. The van der Waals surface area contributed by atoms with Crippen molar-refractivity contribution in [3.05, 3.63) is 65.7 Å². The first-order valence-electron chi connectivity index (χ1n) is 9.53. The van der Waals surface area contributed by atoms with Crippen molar-refractivity contribution in [2.45, 2.75) is 18.4 Å². The molecule has 0 bridgehead atoms. The van der Waals surface area contributed by atoms with Gasteiger partial charge < -0.3 is 14.9 Å². The van der Waals surface area contributed by atoms with Crippen LogP contribution in [0.1, 0.15) is 28.9 Å². The van der Waals surface area contributed by atoms with Gasteiger partial charge in [-0.2, -0.15) is 0 Å². The minimum Gasteiger partial charge on any atom is -0.479 e. The van der Waals surface area contributed by atoms with Crippen molar-refractivity contribution in [1.29, 1.82) is 0 Å². The lowest BCUT2D eigenvalue weighted by atomic mass is 10.1. The molecule has 1 aliphatic heterocycles. The highest BCUT2D eigenvalue weighted by molar-refractivity contribution is 6.00. The average molecular weight is 396 g/mol. The molecular weight excluding hydrogens is 375 g/mol. The number of carboxylic acids is 1. The van der Waals surface area contributed by atoms with Gasteiger partial charge in [0.1, 0.15) is 11.5 Å². The average Bonchev–Trinajstić information content (AvgIpc) is 3.54. The molecule has 1 aliphatic carbocycles. The van der Waals surface area contributed by atoms with Gasteiger partial charge in [-0.05, 0) is 43.2 Å². The van der Waals surface area contributed by atoms with E-state index in [-0.39, 0.29) is 5.91 Å². The number of aliphatic imine (C=N–C) groups is 1. The maximum absolute atomic E-state index is 13.4. The number of carbonyl (C=O) groups excluding carboxylic acids is 1. The van der Waals surface area contributed by atoms with Crippen LogP contribution in [0.25, 0.3) is 0 Å². The molecule has 1 amide bonds. The van der Waals surface area contributed by atoms with Gasteiger partial charge in [0.25, 0.3) is 5.91 Å². The fraction of sp³-hybridized carbons (Fsp3) is 0.333. The van der Waals surface area contributed by atoms with E-state index >= 15 is 0 Å². The zero-order valence-electron chi connectivity index (χ0n) is 15.8. The summed E-state index contributed by atoms with van der Waals surface area (Å²) >= 11 is 0. The second-order valence-corrected chi connectivity index (χ2v) is 7.28. The summed E-state index contributed by atoms with van der Waals surface area (Å²) in [7, 11) is 0. The van der Waals surface area contributed by atoms with Crippen molar-refractivity contribution in [3.63, 3.8) is 0 Å². The quantitative estimate of drug-likeness (QED) is 0.631. The zero-order chi connectivity index (χ0) is 20.4. The maximum Gasteiger partial charge on any atom is 0.331 e. The summed E-state index contributed by atoms with van der Waals surface area (Å²) in [5, 5.41) is 9.53. The van der Waals surface area contributed by atoms with E-state index in [1.165, 1.54) is 18.2 Å². The summed E-state index contributed by atoms with van der Waals surface area (Å²) in [6.07, 6.45) is 2.67. The Morgan fingerprint density at radius 1 is 1.03 bits per heavy atom. The molecule has 7 nitrogen and oxygen atoms in total. The van der Waals surface area contributed by atoms with Crippen LogP contribution < -0.4 is 0 Å². The SMILES string of the molecule is O=C(c1cccc(F)c1)N1CCN(C(=NC2(C(=O)O)CC2)c2ccccn2)CC1. The lowest BCUT2D eigenvalue weighted by Gasteiger charge is -2.36. The topological polar surface area (TPSA) is 86.1 Å². The molecule has 29 heavy (non-hydrogen) atoms. The number of benzene rings is 1. The van der Waals surface area contributed by atoms with E-state index in [4.69, 9.17) is 0 Å². The van der Waals surface area contributed by atoms with Gasteiger partial charge in [-0.1, -0.05) is 12.1 Å². The monoisotopic (exact) mass is 396 g/mol. The van der Waals surface area contributed by atoms with E-state index in [1.54, 1.807) is 29.3 Å². The van der Waals surface area contributed by atoms with E-state index in [0.29, 0.717) is 56.1 Å². The minimum absolute atomic E-state index is 0.218. The van der Waals surface area contributed by atoms with Gasteiger partial charge in [-0.15, -0.1) is 0 Å². The van der Waals surface area contributed by atoms with Crippen LogP contribution in [-0.2, 0) is 4.79 Å². The first-order valence-corrected chi connectivity index (χ1v) is 9.53. The number of carboxylic acid groups (broad SMARTS) is 1. The number of amidine groups is 1. The first kappa shape index (κ1) is 19.0. The van der Waals surface area contributed by atoms with Crippen LogP contribution in [0.2, 0.25) is 0 Å².